The van der Waals surface area contributed by atoms with Crippen LogP contribution in [0.3, 0.4) is 0 Å². The lowest BCUT2D eigenvalue weighted by Crippen LogP contribution is -2.40. The van der Waals surface area contributed by atoms with Crippen LogP contribution < -0.4 is 5.32 Å². The quantitative estimate of drug-likeness (QED) is 0.694. The van der Waals surface area contributed by atoms with Gasteiger partial charge in [-0.15, -0.1) is 0 Å². The molecular formula is C10H19NO. The first-order valence-corrected chi connectivity index (χ1v) is 4.99. The minimum absolute atomic E-state index is 0.137. The number of carbonyl (C=O) groups excluding carboxylic acids is 1. The number of ketones is 1. The average Bonchev–Trinajstić information content (AvgIpc) is 2.51. The van der Waals surface area contributed by atoms with Gasteiger partial charge >= 0.3 is 0 Å². The van der Waals surface area contributed by atoms with Crippen molar-refractivity contribution in [1.29, 1.82) is 0 Å². The third-order valence-electron chi connectivity index (χ3n) is 2.73. The third-order valence-corrected chi connectivity index (χ3v) is 2.73. The van der Waals surface area contributed by atoms with Gasteiger partial charge in [0.1, 0.15) is 5.78 Å². The molecule has 2 nitrogen and oxygen atoms in total. The summed E-state index contributed by atoms with van der Waals surface area (Å²) >= 11 is 0. The Kier molecular flexibility index (Phi) is 3.73. The van der Waals surface area contributed by atoms with Crippen LogP contribution in [-0.2, 0) is 4.79 Å². The summed E-state index contributed by atoms with van der Waals surface area (Å²) in [5, 5.41) is 3.27. The molecule has 1 unspecified atom stereocenters. The molecule has 1 atom stereocenters. The Morgan fingerprint density at radius 3 is 2.50 bits per heavy atom. The molecule has 1 rings (SSSR count). The highest BCUT2D eigenvalue weighted by Crippen LogP contribution is 2.27. The van der Waals surface area contributed by atoms with Crippen molar-refractivity contribution >= 4 is 5.78 Å². The molecule has 0 saturated heterocycles. The largest absolute Gasteiger partial charge is 0.308 e. The van der Waals surface area contributed by atoms with Gasteiger partial charge in [-0.1, -0.05) is 19.8 Å². The van der Waals surface area contributed by atoms with Crippen molar-refractivity contribution in [3.63, 3.8) is 0 Å². The second kappa shape index (κ2) is 4.61. The summed E-state index contributed by atoms with van der Waals surface area (Å²) in [6.07, 6.45) is 5.08. The Morgan fingerprint density at radius 1 is 1.50 bits per heavy atom. The van der Waals surface area contributed by atoms with E-state index >= 15 is 0 Å². The molecular weight excluding hydrogens is 150 g/mol. The summed E-state index contributed by atoms with van der Waals surface area (Å²) < 4.78 is 0. The summed E-state index contributed by atoms with van der Waals surface area (Å²) in [5.41, 5.74) is 0. The van der Waals surface area contributed by atoms with Crippen molar-refractivity contribution in [1.82, 2.24) is 5.32 Å². The Bertz CT molecular complexity index is 150. The Hall–Kier alpha value is -0.370. The number of nitrogens with one attached hydrogen (secondary N) is 1. The molecule has 0 spiro atoms. The van der Waals surface area contributed by atoms with Gasteiger partial charge < -0.3 is 5.32 Å². The van der Waals surface area contributed by atoms with E-state index < -0.39 is 0 Å². The number of likely N-dealkylation sites (N-methyl/N-ethyl adjacent to an activating group) is 1. The number of rotatable bonds is 4. The van der Waals surface area contributed by atoms with Crippen molar-refractivity contribution in [2.45, 2.75) is 45.6 Å². The van der Waals surface area contributed by atoms with Crippen LogP contribution >= 0.6 is 0 Å². The van der Waals surface area contributed by atoms with Crippen molar-refractivity contribution < 1.29 is 4.79 Å². The highest BCUT2D eigenvalue weighted by molar-refractivity contribution is 5.81. The van der Waals surface area contributed by atoms with Gasteiger partial charge in [0.05, 0.1) is 6.04 Å². The lowest BCUT2D eigenvalue weighted by atomic mass is 9.95. The molecule has 2 heteroatoms. The first-order valence-electron chi connectivity index (χ1n) is 4.99. The van der Waals surface area contributed by atoms with Gasteiger partial charge in [-0.2, -0.15) is 0 Å². The fourth-order valence-electron chi connectivity index (χ4n) is 2.15. The molecule has 0 aromatic heterocycles. The molecule has 1 fully saturated rings. The van der Waals surface area contributed by atoms with Crippen molar-refractivity contribution in [3.8, 4) is 0 Å². The van der Waals surface area contributed by atoms with Gasteiger partial charge in [0, 0.05) is 0 Å². The van der Waals surface area contributed by atoms with Gasteiger partial charge in [0.25, 0.3) is 0 Å². The lowest BCUT2D eigenvalue weighted by Gasteiger charge is -2.21. The number of hydrogen-bond donors (Lipinski definition) is 1. The van der Waals surface area contributed by atoms with Crippen LogP contribution in [0.4, 0.5) is 0 Å². The highest BCUT2D eigenvalue weighted by atomic mass is 16.1. The van der Waals surface area contributed by atoms with E-state index in [1.165, 1.54) is 25.7 Å². The standard InChI is InChI=1S/C10H19NO/c1-3-11-10(8(2)12)9-6-4-5-7-9/h9-11H,3-7H2,1-2H3. The topological polar surface area (TPSA) is 29.1 Å². The second-order valence-electron chi connectivity index (χ2n) is 3.69. The van der Waals surface area contributed by atoms with Crippen LogP contribution in [0.2, 0.25) is 0 Å². The molecule has 1 N–H and O–H groups in total. The minimum atomic E-state index is 0.137. The van der Waals surface area contributed by atoms with E-state index in [4.69, 9.17) is 0 Å². The molecule has 0 bridgehead atoms. The van der Waals surface area contributed by atoms with Crippen LogP contribution in [0.5, 0.6) is 0 Å². The van der Waals surface area contributed by atoms with Gasteiger partial charge in [-0.05, 0) is 32.2 Å². The predicted octanol–water partition coefficient (Wildman–Crippen LogP) is 1.74. The minimum Gasteiger partial charge on any atom is -0.308 e. The van der Waals surface area contributed by atoms with Crippen LogP contribution in [-0.4, -0.2) is 18.4 Å². The van der Waals surface area contributed by atoms with Gasteiger partial charge in [-0.25, -0.2) is 0 Å². The number of hydrogen-bond acceptors (Lipinski definition) is 2. The van der Waals surface area contributed by atoms with Gasteiger partial charge in [0.2, 0.25) is 0 Å². The van der Waals surface area contributed by atoms with Crippen LogP contribution in [0, 0.1) is 5.92 Å². The van der Waals surface area contributed by atoms with E-state index in [0.29, 0.717) is 11.7 Å². The molecule has 0 amide bonds. The maximum Gasteiger partial charge on any atom is 0.146 e. The summed E-state index contributed by atoms with van der Waals surface area (Å²) in [7, 11) is 0. The second-order valence-corrected chi connectivity index (χ2v) is 3.69. The molecule has 0 heterocycles. The van der Waals surface area contributed by atoms with E-state index in [1.807, 2.05) is 0 Å². The summed E-state index contributed by atoms with van der Waals surface area (Å²) in [6, 6.07) is 0.137. The lowest BCUT2D eigenvalue weighted by molar-refractivity contribution is -0.120. The van der Waals surface area contributed by atoms with Gasteiger partial charge in [-0.3, -0.25) is 4.79 Å². The number of carbonyl (C=O) groups is 1. The Balaban J connectivity index is 2.45. The van der Waals surface area contributed by atoms with E-state index in [1.54, 1.807) is 6.92 Å². The zero-order valence-corrected chi connectivity index (χ0v) is 8.10. The van der Waals surface area contributed by atoms with Crippen molar-refractivity contribution in [3.05, 3.63) is 0 Å². The monoisotopic (exact) mass is 169 g/mol. The van der Waals surface area contributed by atoms with Crippen LogP contribution in [0.15, 0.2) is 0 Å². The van der Waals surface area contributed by atoms with Crippen LogP contribution in [0.1, 0.15) is 39.5 Å². The fourth-order valence-corrected chi connectivity index (χ4v) is 2.15. The Morgan fingerprint density at radius 2 is 2.08 bits per heavy atom. The van der Waals surface area contributed by atoms with E-state index in [9.17, 15) is 4.79 Å². The molecule has 70 valence electrons. The highest BCUT2D eigenvalue weighted by Gasteiger charge is 2.26. The molecule has 12 heavy (non-hydrogen) atoms. The van der Waals surface area contributed by atoms with Crippen molar-refractivity contribution in [2.24, 2.45) is 5.92 Å². The summed E-state index contributed by atoms with van der Waals surface area (Å²) in [4.78, 5) is 11.3. The van der Waals surface area contributed by atoms with E-state index in [0.717, 1.165) is 6.54 Å². The zero-order valence-electron chi connectivity index (χ0n) is 8.10. The summed E-state index contributed by atoms with van der Waals surface area (Å²) in [5.74, 6) is 0.922. The van der Waals surface area contributed by atoms with E-state index in [2.05, 4.69) is 12.2 Å². The molecule has 0 aromatic rings. The summed E-state index contributed by atoms with van der Waals surface area (Å²) in [6.45, 7) is 4.66. The first-order chi connectivity index (χ1) is 5.75. The smallest absolute Gasteiger partial charge is 0.146 e. The Labute approximate surface area is 74.7 Å². The molecule has 0 aromatic carbocycles. The average molecular weight is 169 g/mol. The maximum absolute atomic E-state index is 11.3. The van der Waals surface area contributed by atoms with E-state index in [-0.39, 0.29) is 6.04 Å². The van der Waals surface area contributed by atoms with Crippen LogP contribution in [0.25, 0.3) is 0 Å². The molecule has 0 radical (unpaired) electrons. The SMILES string of the molecule is CCNC(C(C)=O)C1CCCC1. The molecule has 0 aliphatic heterocycles. The maximum atomic E-state index is 11.3. The fraction of sp³-hybridized carbons (Fsp3) is 0.900. The molecule has 1 aliphatic carbocycles. The molecule has 1 saturated carbocycles. The number of Topliss-reactive ketones (excluding diaryl/α,β-unsaturated/α-hetero) is 1. The normalized spacial score (nSPS) is 21.2. The first kappa shape index (κ1) is 9.72. The molecule has 1 aliphatic rings. The third kappa shape index (κ3) is 2.31. The van der Waals surface area contributed by atoms with Crippen molar-refractivity contribution in [2.75, 3.05) is 6.54 Å². The zero-order chi connectivity index (χ0) is 8.97. The van der Waals surface area contributed by atoms with Gasteiger partial charge in [0.15, 0.2) is 0 Å². The predicted molar refractivity (Wildman–Crippen MR) is 50.1 cm³/mol.